The molecular formula is C19H19N3O6S2. The van der Waals surface area contributed by atoms with Gasteiger partial charge in [0, 0.05) is 29.4 Å². The molecule has 3 rings (SSSR count). The minimum atomic E-state index is -3.32. The van der Waals surface area contributed by atoms with Gasteiger partial charge in [0.15, 0.2) is 9.84 Å². The summed E-state index contributed by atoms with van der Waals surface area (Å²) in [5.41, 5.74) is 0.246. The number of amides is 1. The number of benzene rings is 2. The van der Waals surface area contributed by atoms with E-state index in [-0.39, 0.29) is 17.1 Å². The second kappa shape index (κ2) is 9.20. The lowest BCUT2D eigenvalue weighted by Gasteiger charge is -2.15. The number of aromatic nitrogens is 2. The van der Waals surface area contributed by atoms with Crippen molar-refractivity contribution in [2.75, 3.05) is 18.2 Å². The first kappa shape index (κ1) is 21.7. The number of carbonyl (C=O) groups is 1. The van der Waals surface area contributed by atoms with Crippen LogP contribution >= 0.6 is 11.5 Å². The second-order valence-corrected chi connectivity index (χ2v) is 9.15. The maximum Gasteiger partial charge on any atom is 0.257 e. The fourth-order valence-electron chi connectivity index (χ4n) is 2.39. The van der Waals surface area contributed by atoms with Crippen molar-refractivity contribution in [1.82, 2.24) is 9.36 Å². The van der Waals surface area contributed by atoms with E-state index in [9.17, 15) is 18.3 Å². The summed E-state index contributed by atoms with van der Waals surface area (Å²) in [4.78, 5) is 16.7. The number of nitrogens with one attached hydrogen (secondary N) is 1. The maximum absolute atomic E-state index is 12.6. The van der Waals surface area contributed by atoms with Gasteiger partial charge in [-0.05, 0) is 43.3 Å². The van der Waals surface area contributed by atoms with Crippen LogP contribution in [0.4, 0.5) is 5.13 Å². The molecule has 11 heteroatoms. The number of hydrogen-bond acceptors (Lipinski definition) is 9. The van der Waals surface area contributed by atoms with E-state index in [1.54, 1.807) is 13.0 Å². The van der Waals surface area contributed by atoms with Crippen LogP contribution in [-0.2, 0) is 9.84 Å². The van der Waals surface area contributed by atoms with Crippen LogP contribution in [0.3, 0.4) is 0 Å². The largest absolute Gasteiger partial charge is 0.488 e. The van der Waals surface area contributed by atoms with Crippen molar-refractivity contribution in [1.29, 1.82) is 0 Å². The molecule has 0 aliphatic carbocycles. The van der Waals surface area contributed by atoms with Crippen molar-refractivity contribution in [3.63, 3.8) is 0 Å². The van der Waals surface area contributed by atoms with Gasteiger partial charge in [-0.15, -0.1) is 0 Å². The monoisotopic (exact) mass is 449 g/mol. The number of aliphatic hydroxyl groups excluding tert-OH is 1. The molecule has 2 N–H and O–H groups in total. The number of sulfone groups is 1. The van der Waals surface area contributed by atoms with Crippen LogP contribution < -0.4 is 14.8 Å². The molecule has 3 aromatic rings. The Hall–Kier alpha value is -3.02. The molecule has 1 aromatic heterocycles. The molecule has 2 aromatic carbocycles. The summed E-state index contributed by atoms with van der Waals surface area (Å²) in [6, 6.07) is 10.5. The van der Waals surface area contributed by atoms with Crippen LogP contribution in [0.15, 0.2) is 53.7 Å². The molecule has 1 heterocycles. The lowest BCUT2D eigenvalue weighted by Crippen LogP contribution is -2.17. The van der Waals surface area contributed by atoms with Gasteiger partial charge in [0.2, 0.25) is 5.13 Å². The van der Waals surface area contributed by atoms with E-state index in [1.165, 1.54) is 42.7 Å². The van der Waals surface area contributed by atoms with Gasteiger partial charge in [0.1, 0.15) is 29.7 Å². The summed E-state index contributed by atoms with van der Waals surface area (Å²) in [7, 11) is -3.32. The predicted molar refractivity (Wildman–Crippen MR) is 111 cm³/mol. The second-order valence-electron chi connectivity index (χ2n) is 6.35. The molecule has 0 saturated carbocycles. The van der Waals surface area contributed by atoms with Crippen molar-refractivity contribution in [2.45, 2.75) is 17.9 Å². The number of carbonyl (C=O) groups excluding carboxylic acids is 1. The molecular weight excluding hydrogens is 430 g/mol. The van der Waals surface area contributed by atoms with E-state index in [0.29, 0.717) is 22.4 Å². The third-order valence-corrected chi connectivity index (χ3v) is 5.51. The van der Waals surface area contributed by atoms with Crippen molar-refractivity contribution in [3.05, 3.63) is 54.4 Å². The topological polar surface area (TPSA) is 128 Å². The summed E-state index contributed by atoms with van der Waals surface area (Å²) in [5.74, 6) is 0.563. The highest BCUT2D eigenvalue weighted by atomic mass is 32.2. The normalized spacial score (nSPS) is 12.2. The highest BCUT2D eigenvalue weighted by molar-refractivity contribution is 7.90. The lowest BCUT2D eigenvalue weighted by atomic mass is 10.2. The summed E-state index contributed by atoms with van der Waals surface area (Å²) >= 11 is 1.04. The van der Waals surface area contributed by atoms with Crippen LogP contribution in [-0.4, -0.2) is 47.8 Å². The zero-order valence-corrected chi connectivity index (χ0v) is 17.7. The van der Waals surface area contributed by atoms with E-state index in [1.807, 2.05) is 0 Å². The molecule has 0 saturated heterocycles. The number of nitrogens with zero attached hydrogens (tertiary/aromatic N) is 2. The molecule has 9 nitrogen and oxygen atoms in total. The SMILES string of the molecule is CC(CO)Oc1cc(Oc2ccc(S(C)(=O)=O)cc2)cc(C(=O)Nc2ncns2)c1. The van der Waals surface area contributed by atoms with Crippen LogP contribution in [0.2, 0.25) is 0 Å². The number of ether oxygens (including phenoxy) is 2. The maximum atomic E-state index is 12.6. The standard InChI is InChI=1S/C19H19N3O6S2/c1-12(10-23)27-15-7-13(18(24)22-19-20-11-21-29-19)8-16(9-15)28-14-3-5-17(6-4-14)30(2,25)26/h3-9,11-12,23H,10H2,1-2H3,(H,20,21,22,24). The highest BCUT2D eigenvalue weighted by Gasteiger charge is 2.14. The van der Waals surface area contributed by atoms with Gasteiger partial charge < -0.3 is 14.6 Å². The average molecular weight is 450 g/mol. The predicted octanol–water partition coefficient (Wildman–Crippen LogP) is 2.75. The quantitative estimate of drug-likeness (QED) is 0.537. The van der Waals surface area contributed by atoms with Gasteiger partial charge in [0.25, 0.3) is 5.91 Å². The number of rotatable bonds is 8. The van der Waals surface area contributed by atoms with Crippen molar-refractivity contribution in [2.24, 2.45) is 0 Å². The van der Waals surface area contributed by atoms with Crippen molar-refractivity contribution in [3.8, 4) is 17.2 Å². The zero-order valence-electron chi connectivity index (χ0n) is 16.1. The average Bonchev–Trinajstić information content (AvgIpc) is 3.20. The number of hydrogen-bond donors (Lipinski definition) is 2. The first-order valence-corrected chi connectivity index (χ1v) is 11.4. The molecule has 0 radical (unpaired) electrons. The molecule has 1 amide bonds. The molecule has 0 fully saturated rings. The Bertz CT molecular complexity index is 1120. The van der Waals surface area contributed by atoms with Crippen molar-refractivity contribution < 1.29 is 27.8 Å². The van der Waals surface area contributed by atoms with Gasteiger partial charge in [0.05, 0.1) is 11.5 Å². The van der Waals surface area contributed by atoms with Crippen LogP contribution in [0.25, 0.3) is 0 Å². The zero-order chi connectivity index (χ0) is 21.7. The van der Waals surface area contributed by atoms with E-state index >= 15 is 0 Å². The Morgan fingerprint density at radius 3 is 2.47 bits per heavy atom. The van der Waals surface area contributed by atoms with E-state index in [2.05, 4.69) is 14.7 Å². The Balaban J connectivity index is 1.88. The summed E-state index contributed by atoms with van der Waals surface area (Å²) in [6.45, 7) is 1.47. The Morgan fingerprint density at radius 1 is 1.17 bits per heavy atom. The summed E-state index contributed by atoms with van der Waals surface area (Å²) in [5, 5.41) is 12.2. The summed E-state index contributed by atoms with van der Waals surface area (Å²) < 4.78 is 38.4. The van der Waals surface area contributed by atoms with Gasteiger partial charge in [-0.2, -0.15) is 4.37 Å². The van der Waals surface area contributed by atoms with Crippen LogP contribution in [0.1, 0.15) is 17.3 Å². The minimum absolute atomic E-state index is 0.167. The first-order valence-electron chi connectivity index (χ1n) is 8.73. The Kier molecular flexibility index (Phi) is 6.65. The van der Waals surface area contributed by atoms with Crippen LogP contribution in [0.5, 0.6) is 17.2 Å². The lowest BCUT2D eigenvalue weighted by molar-refractivity contribution is 0.102. The van der Waals surface area contributed by atoms with Gasteiger partial charge in [-0.1, -0.05) is 0 Å². The first-order chi connectivity index (χ1) is 14.2. The number of aliphatic hydroxyl groups is 1. The Morgan fingerprint density at radius 2 is 1.87 bits per heavy atom. The summed E-state index contributed by atoms with van der Waals surface area (Å²) in [6.07, 6.45) is 1.96. The van der Waals surface area contributed by atoms with Crippen LogP contribution in [0, 0.1) is 0 Å². The molecule has 0 aliphatic heterocycles. The smallest absolute Gasteiger partial charge is 0.257 e. The molecule has 30 heavy (non-hydrogen) atoms. The molecule has 0 bridgehead atoms. The molecule has 1 unspecified atom stereocenters. The third kappa shape index (κ3) is 5.75. The van der Waals surface area contributed by atoms with Gasteiger partial charge in [-0.3, -0.25) is 10.1 Å². The van der Waals surface area contributed by atoms with E-state index < -0.39 is 21.8 Å². The molecule has 0 spiro atoms. The minimum Gasteiger partial charge on any atom is -0.488 e. The molecule has 1 atom stereocenters. The molecule has 158 valence electrons. The van der Waals surface area contributed by atoms with Gasteiger partial charge in [-0.25, -0.2) is 13.4 Å². The Labute approximate surface area is 177 Å². The van der Waals surface area contributed by atoms with E-state index in [4.69, 9.17) is 9.47 Å². The fourth-order valence-corrected chi connectivity index (χ4v) is 3.45. The number of anilines is 1. The molecule has 0 aliphatic rings. The third-order valence-electron chi connectivity index (χ3n) is 3.81. The highest BCUT2D eigenvalue weighted by Crippen LogP contribution is 2.29. The van der Waals surface area contributed by atoms with Crippen molar-refractivity contribution >= 4 is 32.4 Å². The fraction of sp³-hybridized carbons (Fsp3) is 0.211. The van der Waals surface area contributed by atoms with E-state index in [0.717, 1.165) is 17.8 Å². The van der Waals surface area contributed by atoms with Gasteiger partial charge >= 0.3 is 0 Å².